The molecule has 100 valence electrons. The van der Waals surface area contributed by atoms with E-state index >= 15 is 0 Å². The Kier molecular flexibility index (Phi) is 4.73. The maximum Gasteiger partial charge on any atom is 0.251 e. The van der Waals surface area contributed by atoms with Gasteiger partial charge in [0.15, 0.2) is 0 Å². The standard InChI is InChI=1S/C14H23N3O/c1-14(2,10-17(3)4)9-16-13(18)11-6-5-7-12(15)8-11/h5-8H,9-10,15H2,1-4H3,(H,16,18). The molecule has 0 aliphatic rings. The highest BCUT2D eigenvalue weighted by Crippen LogP contribution is 2.14. The van der Waals surface area contributed by atoms with Gasteiger partial charge in [0.05, 0.1) is 0 Å². The number of amides is 1. The zero-order valence-corrected chi connectivity index (χ0v) is 11.7. The van der Waals surface area contributed by atoms with Gasteiger partial charge in [-0.1, -0.05) is 19.9 Å². The van der Waals surface area contributed by atoms with Gasteiger partial charge in [0.2, 0.25) is 0 Å². The second-order valence-corrected chi connectivity index (χ2v) is 5.71. The van der Waals surface area contributed by atoms with Crippen LogP contribution >= 0.6 is 0 Å². The van der Waals surface area contributed by atoms with Crippen LogP contribution in [-0.2, 0) is 0 Å². The Morgan fingerprint density at radius 1 is 1.39 bits per heavy atom. The molecule has 0 saturated heterocycles. The number of nitrogens with two attached hydrogens (primary N) is 1. The maximum absolute atomic E-state index is 11.9. The molecule has 1 aromatic rings. The fraction of sp³-hybridized carbons (Fsp3) is 0.500. The van der Waals surface area contributed by atoms with Crippen LogP contribution in [0, 0.1) is 5.41 Å². The van der Waals surface area contributed by atoms with Crippen molar-refractivity contribution < 1.29 is 4.79 Å². The predicted octanol–water partition coefficient (Wildman–Crippen LogP) is 1.59. The Labute approximate surface area is 109 Å². The van der Waals surface area contributed by atoms with Crippen molar-refractivity contribution >= 4 is 11.6 Å². The molecule has 0 bridgehead atoms. The number of nitrogen functional groups attached to an aromatic ring is 1. The Balaban J connectivity index is 2.56. The van der Waals surface area contributed by atoms with Crippen molar-refractivity contribution in [3.8, 4) is 0 Å². The lowest BCUT2D eigenvalue weighted by molar-refractivity contribution is 0.0929. The molecule has 4 nitrogen and oxygen atoms in total. The molecule has 18 heavy (non-hydrogen) atoms. The number of rotatable bonds is 5. The van der Waals surface area contributed by atoms with Crippen molar-refractivity contribution in [1.82, 2.24) is 10.2 Å². The van der Waals surface area contributed by atoms with E-state index in [0.717, 1.165) is 6.54 Å². The van der Waals surface area contributed by atoms with Gasteiger partial charge in [0.25, 0.3) is 5.91 Å². The zero-order chi connectivity index (χ0) is 13.8. The summed E-state index contributed by atoms with van der Waals surface area (Å²) in [5.41, 5.74) is 6.91. The molecule has 0 unspecified atom stereocenters. The van der Waals surface area contributed by atoms with Gasteiger partial charge in [-0.05, 0) is 37.7 Å². The first-order valence-electron chi connectivity index (χ1n) is 6.09. The summed E-state index contributed by atoms with van der Waals surface area (Å²) < 4.78 is 0. The fourth-order valence-electron chi connectivity index (χ4n) is 2.01. The first-order chi connectivity index (χ1) is 8.30. The Bertz CT molecular complexity index is 413. The average molecular weight is 249 g/mol. The van der Waals surface area contributed by atoms with Crippen molar-refractivity contribution in [1.29, 1.82) is 0 Å². The van der Waals surface area contributed by atoms with Gasteiger partial charge >= 0.3 is 0 Å². The van der Waals surface area contributed by atoms with Crippen LogP contribution in [0.5, 0.6) is 0 Å². The minimum absolute atomic E-state index is 0.0412. The number of nitrogens with one attached hydrogen (secondary N) is 1. The van der Waals surface area contributed by atoms with Crippen LogP contribution in [0.15, 0.2) is 24.3 Å². The lowest BCUT2D eigenvalue weighted by Gasteiger charge is -2.28. The highest BCUT2D eigenvalue weighted by Gasteiger charge is 2.20. The molecule has 0 radical (unpaired) electrons. The van der Waals surface area contributed by atoms with Crippen molar-refractivity contribution in [3.63, 3.8) is 0 Å². The van der Waals surface area contributed by atoms with E-state index in [0.29, 0.717) is 17.8 Å². The lowest BCUT2D eigenvalue weighted by atomic mass is 9.93. The number of hydrogen-bond donors (Lipinski definition) is 2. The first kappa shape index (κ1) is 14.5. The molecule has 3 N–H and O–H groups in total. The molecule has 0 spiro atoms. The highest BCUT2D eigenvalue weighted by molar-refractivity contribution is 5.94. The van der Waals surface area contributed by atoms with Gasteiger partial charge in [0.1, 0.15) is 0 Å². The van der Waals surface area contributed by atoms with Gasteiger partial charge in [-0.15, -0.1) is 0 Å². The molecular formula is C14H23N3O. The monoisotopic (exact) mass is 249 g/mol. The van der Waals surface area contributed by atoms with Crippen molar-refractivity contribution in [3.05, 3.63) is 29.8 Å². The van der Waals surface area contributed by atoms with E-state index in [1.165, 1.54) is 0 Å². The van der Waals surface area contributed by atoms with Crippen molar-refractivity contribution in [2.75, 3.05) is 32.9 Å². The van der Waals surface area contributed by atoms with E-state index in [4.69, 9.17) is 5.73 Å². The lowest BCUT2D eigenvalue weighted by Crippen LogP contribution is -2.39. The number of hydrogen-bond acceptors (Lipinski definition) is 3. The molecule has 0 fully saturated rings. The van der Waals surface area contributed by atoms with Crippen molar-refractivity contribution in [2.45, 2.75) is 13.8 Å². The molecule has 0 aliphatic carbocycles. The summed E-state index contributed by atoms with van der Waals surface area (Å²) in [5, 5.41) is 2.95. The SMILES string of the molecule is CN(C)CC(C)(C)CNC(=O)c1cccc(N)c1. The number of carbonyl (C=O) groups is 1. The number of nitrogens with zero attached hydrogens (tertiary/aromatic N) is 1. The summed E-state index contributed by atoms with van der Waals surface area (Å²) in [6, 6.07) is 7.01. The van der Waals surface area contributed by atoms with E-state index < -0.39 is 0 Å². The molecule has 0 aliphatic heterocycles. The number of anilines is 1. The Morgan fingerprint density at radius 2 is 2.06 bits per heavy atom. The number of carbonyl (C=O) groups excluding carboxylic acids is 1. The molecule has 0 heterocycles. The zero-order valence-electron chi connectivity index (χ0n) is 11.7. The minimum Gasteiger partial charge on any atom is -0.399 e. The molecular weight excluding hydrogens is 226 g/mol. The minimum atomic E-state index is -0.0749. The van der Waals surface area contributed by atoms with E-state index in [1.54, 1.807) is 24.3 Å². The normalized spacial score (nSPS) is 11.6. The van der Waals surface area contributed by atoms with E-state index in [2.05, 4.69) is 24.1 Å². The summed E-state index contributed by atoms with van der Waals surface area (Å²) in [6.07, 6.45) is 0. The molecule has 4 heteroatoms. The van der Waals surface area contributed by atoms with Gasteiger partial charge in [-0.25, -0.2) is 0 Å². The van der Waals surface area contributed by atoms with Crippen LogP contribution < -0.4 is 11.1 Å². The third-order valence-corrected chi connectivity index (χ3v) is 2.62. The smallest absolute Gasteiger partial charge is 0.251 e. The average Bonchev–Trinajstić information content (AvgIpc) is 2.24. The van der Waals surface area contributed by atoms with E-state index in [-0.39, 0.29) is 11.3 Å². The van der Waals surface area contributed by atoms with Gasteiger partial charge in [-0.2, -0.15) is 0 Å². The van der Waals surface area contributed by atoms with Crippen LogP contribution in [0.2, 0.25) is 0 Å². The molecule has 1 aromatic carbocycles. The van der Waals surface area contributed by atoms with Gasteiger partial charge in [0, 0.05) is 24.3 Å². The second-order valence-electron chi connectivity index (χ2n) is 5.71. The predicted molar refractivity (Wildman–Crippen MR) is 75.5 cm³/mol. The van der Waals surface area contributed by atoms with Crippen LogP contribution in [0.3, 0.4) is 0 Å². The van der Waals surface area contributed by atoms with Crippen LogP contribution in [0.25, 0.3) is 0 Å². The van der Waals surface area contributed by atoms with E-state index in [9.17, 15) is 4.79 Å². The third-order valence-electron chi connectivity index (χ3n) is 2.62. The summed E-state index contributed by atoms with van der Waals surface area (Å²) in [6.45, 7) is 5.82. The first-order valence-corrected chi connectivity index (χ1v) is 6.09. The molecule has 1 rings (SSSR count). The maximum atomic E-state index is 11.9. The second kappa shape index (κ2) is 5.87. The molecule has 1 amide bonds. The summed E-state index contributed by atoms with van der Waals surface area (Å²) >= 11 is 0. The van der Waals surface area contributed by atoms with Gasteiger partial charge in [-0.3, -0.25) is 4.79 Å². The Morgan fingerprint density at radius 3 is 2.61 bits per heavy atom. The largest absolute Gasteiger partial charge is 0.399 e. The molecule has 0 saturated carbocycles. The van der Waals surface area contributed by atoms with Crippen LogP contribution in [-0.4, -0.2) is 38.0 Å². The summed E-state index contributed by atoms with van der Waals surface area (Å²) in [4.78, 5) is 14.1. The van der Waals surface area contributed by atoms with Crippen LogP contribution in [0.1, 0.15) is 24.2 Å². The fourth-order valence-corrected chi connectivity index (χ4v) is 2.01. The third kappa shape index (κ3) is 4.75. The topological polar surface area (TPSA) is 58.4 Å². The summed E-state index contributed by atoms with van der Waals surface area (Å²) in [7, 11) is 4.06. The molecule has 0 atom stereocenters. The van der Waals surface area contributed by atoms with Crippen molar-refractivity contribution in [2.24, 2.45) is 5.41 Å². The van der Waals surface area contributed by atoms with E-state index in [1.807, 2.05) is 14.1 Å². The number of benzene rings is 1. The highest BCUT2D eigenvalue weighted by atomic mass is 16.1. The Hall–Kier alpha value is -1.55. The van der Waals surface area contributed by atoms with Crippen LogP contribution in [0.4, 0.5) is 5.69 Å². The quantitative estimate of drug-likeness (QED) is 0.779. The summed E-state index contributed by atoms with van der Waals surface area (Å²) in [5.74, 6) is -0.0749. The van der Waals surface area contributed by atoms with Gasteiger partial charge < -0.3 is 16.0 Å². The molecule has 0 aromatic heterocycles.